The molecule has 0 spiro atoms. The summed E-state index contributed by atoms with van der Waals surface area (Å²) >= 11 is 0. The van der Waals surface area contributed by atoms with Gasteiger partial charge >= 0.3 is 0 Å². The van der Waals surface area contributed by atoms with Gasteiger partial charge in [-0.15, -0.1) is 0 Å². The van der Waals surface area contributed by atoms with E-state index in [2.05, 4.69) is 19.2 Å². The topological polar surface area (TPSA) is 12.0 Å². The summed E-state index contributed by atoms with van der Waals surface area (Å²) in [6.07, 6.45) is 15.3. The maximum Gasteiger partial charge on any atom is 0.00979 e. The number of rotatable bonds is 5. The molecule has 20 heavy (non-hydrogen) atoms. The van der Waals surface area contributed by atoms with Crippen LogP contribution in [0.15, 0.2) is 0 Å². The second-order valence-electron chi connectivity index (χ2n) is 9.10. The van der Waals surface area contributed by atoms with Crippen molar-refractivity contribution in [3.63, 3.8) is 0 Å². The van der Waals surface area contributed by atoms with E-state index in [0.717, 1.165) is 35.8 Å². The molecule has 0 aromatic rings. The molecule has 0 aromatic heterocycles. The first kappa shape index (κ1) is 13.6. The van der Waals surface area contributed by atoms with Crippen molar-refractivity contribution in [2.75, 3.05) is 0 Å². The average molecular weight is 275 g/mol. The molecule has 0 aliphatic heterocycles. The third-order valence-electron chi connectivity index (χ3n) is 7.45. The predicted octanol–water partition coefficient (Wildman–Crippen LogP) is 4.76. The van der Waals surface area contributed by atoms with Gasteiger partial charge in [-0.25, -0.2) is 0 Å². The molecule has 1 nitrogen and oxygen atoms in total. The van der Waals surface area contributed by atoms with Crippen molar-refractivity contribution in [3.05, 3.63) is 0 Å². The molecular formula is C19H33N. The zero-order chi connectivity index (χ0) is 13.7. The molecule has 2 atom stereocenters. The molecular weight excluding hydrogens is 242 g/mol. The lowest BCUT2D eigenvalue weighted by atomic mass is 9.48. The SMILES string of the molecule is CC(CC1CCC1)NC(C)C12CC3CC(CC(C3)C1)C2. The Bertz CT molecular complexity index is 321. The Morgan fingerprint density at radius 3 is 1.95 bits per heavy atom. The largest absolute Gasteiger partial charge is 0.311 e. The minimum Gasteiger partial charge on any atom is -0.311 e. The van der Waals surface area contributed by atoms with Crippen molar-refractivity contribution in [1.82, 2.24) is 5.32 Å². The van der Waals surface area contributed by atoms with Gasteiger partial charge in [0.05, 0.1) is 0 Å². The molecule has 5 saturated carbocycles. The molecule has 5 aliphatic rings. The fourth-order valence-corrected chi connectivity index (χ4v) is 6.61. The molecule has 1 N–H and O–H groups in total. The van der Waals surface area contributed by atoms with Crippen molar-refractivity contribution in [3.8, 4) is 0 Å². The van der Waals surface area contributed by atoms with E-state index in [9.17, 15) is 0 Å². The van der Waals surface area contributed by atoms with Gasteiger partial charge in [0, 0.05) is 12.1 Å². The van der Waals surface area contributed by atoms with Gasteiger partial charge in [-0.05, 0) is 87.9 Å². The first-order chi connectivity index (χ1) is 9.63. The van der Waals surface area contributed by atoms with Crippen LogP contribution >= 0.6 is 0 Å². The fourth-order valence-electron chi connectivity index (χ4n) is 6.61. The van der Waals surface area contributed by atoms with E-state index in [1.807, 2.05) is 0 Å². The van der Waals surface area contributed by atoms with E-state index in [0.29, 0.717) is 5.41 Å². The van der Waals surface area contributed by atoms with Crippen LogP contribution in [0.3, 0.4) is 0 Å². The van der Waals surface area contributed by atoms with Crippen molar-refractivity contribution >= 4 is 0 Å². The van der Waals surface area contributed by atoms with Crippen molar-refractivity contribution in [2.24, 2.45) is 29.1 Å². The summed E-state index contributed by atoms with van der Waals surface area (Å²) in [4.78, 5) is 0. The second-order valence-corrected chi connectivity index (χ2v) is 9.10. The molecule has 114 valence electrons. The van der Waals surface area contributed by atoms with Gasteiger partial charge < -0.3 is 5.32 Å². The lowest BCUT2D eigenvalue weighted by molar-refractivity contribution is -0.0723. The number of nitrogens with one attached hydrogen (secondary N) is 1. The first-order valence-electron chi connectivity index (χ1n) is 9.39. The highest BCUT2D eigenvalue weighted by atomic mass is 15.0. The number of hydrogen-bond donors (Lipinski definition) is 1. The lowest BCUT2D eigenvalue weighted by Gasteiger charge is -2.59. The van der Waals surface area contributed by atoms with Crippen LogP contribution in [-0.4, -0.2) is 12.1 Å². The Kier molecular flexibility index (Phi) is 3.41. The smallest absolute Gasteiger partial charge is 0.00979 e. The summed E-state index contributed by atoms with van der Waals surface area (Å²) in [5.74, 6) is 4.31. The zero-order valence-electron chi connectivity index (χ0n) is 13.5. The maximum atomic E-state index is 4.04. The van der Waals surface area contributed by atoms with Gasteiger partial charge in [0.2, 0.25) is 0 Å². The van der Waals surface area contributed by atoms with Crippen molar-refractivity contribution in [2.45, 2.75) is 90.1 Å². The molecule has 0 aromatic carbocycles. The van der Waals surface area contributed by atoms with Crippen LogP contribution < -0.4 is 5.32 Å². The minimum atomic E-state index is 0.683. The normalized spacial score (nSPS) is 46.2. The van der Waals surface area contributed by atoms with E-state index in [-0.39, 0.29) is 0 Å². The Hall–Kier alpha value is -0.0400. The standard InChI is InChI=1S/C19H33N/c1-13(6-15-4-3-5-15)20-14(2)19-10-16-7-17(11-19)9-18(8-16)12-19/h13-18,20H,3-12H2,1-2H3. The van der Waals surface area contributed by atoms with E-state index in [4.69, 9.17) is 0 Å². The highest BCUT2D eigenvalue weighted by molar-refractivity contribution is 5.05. The highest BCUT2D eigenvalue weighted by Crippen LogP contribution is 2.61. The first-order valence-corrected chi connectivity index (χ1v) is 9.39. The number of hydrogen-bond acceptors (Lipinski definition) is 1. The van der Waals surface area contributed by atoms with E-state index < -0.39 is 0 Å². The monoisotopic (exact) mass is 275 g/mol. The maximum absolute atomic E-state index is 4.04. The average Bonchev–Trinajstić information content (AvgIpc) is 2.32. The lowest BCUT2D eigenvalue weighted by Crippen LogP contribution is -2.56. The fraction of sp³-hybridized carbons (Fsp3) is 1.00. The van der Waals surface area contributed by atoms with Gasteiger partial charge in [-0.1, -0.05) is 19.3 Å². The highest BCUT2D eigenvalue weighted by Gasteiger charge is 2.53. The van der Waals surface area contributed by atoms with Crippen LogP contribution in [0.2, 0.25) is 0 Å². The zero-order valence-corrected chi connectivity index (χ0v) is 13.5. The predicted molar refractivity (Wildman–Crippen MR) is 84.6 cm³/mol. The molecule has 0 amide bonds. The molecule has 4 bridgehead atoms. The molecule has 5 rings (SSSR count). The molecule has 0 saturated heterocycles. The minimum absolute atomic E-state index is 0.683. The third kappa shape index (κ3) is 2.34. The van der Waals surface area contributed by atoms with Crippen LogP contribution in [0.25, 0.3) is 0 Å². The summed E-state index contributed by atoms with van der Waals surface area (Å²) in [6.45, 7) is 4.96. The van der Waals surface area contributed by atoms with Gasteiger partial charge in [0.1, 0.15) is 0 Å². The van der Waals surface area contributed by atoms with E-state index in [1.54, 1.807) is 38.5 Å². The summed E-state index contributed by atoms with van der Waals surface area (Å²) in [6, 6.07) is 1.49. The molecule has 0 radical (unpaired) electrons. The van der Waals surface area contributed by atoms with E-state index >= 15 is 0 Å². The van der Waals surface area contributed by atoms with Crippen molar-refractivity contribution < 1.29 is 0 Å². The van der Waals surface area contributed by atoms with E-state index in [1.165, 1.54) is 25.7 Å². The molecule has 2 unspecified atom stereocenters. The Morgan fingerprint density at radius 2 is 1.50 bits per heavy atom. The molecule has 1 heteroatoms. The quantitative estimate of drug-likeness (QED) is 0.763. The van der Waals surface area contributed by atoms with Crippen LogP contribution in [0.5, 0.6) is 0 Å². The van der Waals surface area contributed by atoms with Crippen LogP contribution in [0.4, 0.5) is 0 Å². The molecule has 5 fully saturated rings. The Labute approximate surface area is 125 Å². The van der Waals surface area contributed by atoms with Gasteiger partial charge in [-0.2, -0.15) is 0 Å². The summed E-state index contributed by atoms with van der Waals surface area (Å²) in [7, 11) is 0. The Balaban J connectivity index is 1.38. The summed E-state index contributed by atoms with van der Waals surface area (Å²) < 4.78 is 0. The second kappa shape index (κ2) is 5.00. The van der Waals surface area contributed by atoms with Gasteiger partial charge in [0.25, 0.3) is 0 Å². The van der Waals surface area contributed by atoms with Crippen LogP contribution in [0.1, 0.15) is 78.1 Å². The van der Waals surface area contributed by atoms with Crippen LogP contribution in [0, 0.1) is 29.1 Å². The molecule has 5 aliphatic carbocycles. The van der Waals surface area contributed by atoms with Gasteiger partial charge in [-0.3, -0.25) is 0 Å². The van der Waals surface area contributed by atoms with Crippen molar-refractivity contribution in [1.29, 1.82) is 0 Å². The summed E-state index contributed by atoms with van der Waals surface area (Å²) in [5.41, 5.74) is 0.683. The van der Waals surface area contributed by atoms with Gasteiger partial charge in [0.15, 0.2) is 0 Å². The van der Waals surface area contributed by atoms with Crippen LogP contribution in [-0.2, 0) is 0 Å². The molecule has 0 heterocycles. The Morgan fingerprint density at radius 1 is 0.950 bits per heavy atom. The third-order valence-corrected chi connectivity index (χ3v) is 7.45. The summed E-state index contributed by atoms with van der Waals surface area (Å²) in [5, 5.41) is 4.04.